The van der Waals surface area contributed by atoms with Gasteiger partial charge in [0, 0.05) is 18.8 Å². The van der Waals surface area contributed by atoms with Crippen molar-refractivity contribution in [2.75, 3.05) is 24.2 Å². The van der Waals surface area contributed by atoms with Crippen LogP contribution in [0.3, 0.4) is 0 Å². The number of carbonyl (C=O) groups excluding carboxylic acids is 2. The van der Waals surface area contributed by atoms with Gasteiger partial charge in [-0.2, -0.15) is 4.72 Å². The summed E-state index contributed by atoms with van der Waals surface area (Å²) in [6.07, 6.45) is -1.18. The highest BCUT2D eigenvalue weighted by Crippen LogP contribution is 2.27. The van der Waals surface area contributed by atoms with Gasteiger partial charge >= 0.3 is 5.97 Å². The van der Waals surface area contributed by atoms with E-state index in [-0.39, 0.29) is 5.69 Å². The highest BCUT2D eigenvalue weighted by molar-refractivity contribution is 7.89. The number of sulfonamides is 1. The molecule has 0 fully saturated rings. The minimum absolute atomic E-state index is 0.136. The lowest BCUT2D eigenvalue weighted by Crippen LogP contribution is -2.35. The summed E-state index contributed by atoms with van der Waals surface area (Å²) in [4.78, 5) is 34.3. The number of ether oxygens (including phenoxy) is 1. The Labute approximate surface area is 191 Å². The van der Waals surface area contributed by atoms with Crippen molar-refractivity contribution in [3.63, 3.8) is 0 Å². The van der Waals surface area contributed by atoms with Gasteiger partial charge in [-0.1, -0.05) is 26.0 Å². The van der Waals surface area contributed by atoms with Crippen molar-refractivity contribution >= 4 is 39.0 Å². The van der Waals surface area contributed by atoms with E-state index in [9.17, 15) is 28.1 Å². The fourth-order valence-corrected chi connectivity index (χ4v) is 3.75. The van der Waals surface area contributed by atoms with Crippen LogP contribution in [-0.2, 0) is 24.3 Å². The molecule has 178 valence electrons. The van der Waals surface area contributed by atoms with Gasteiger partial charge in [-0.15, -0.1) is 0 Å². The normalized spacial score (nSPS) is 12.2. The molecule has 1 amide bonds. The number of anilines is 2. The van der Waals surface area contributed by atoms with E-state index < -0.39 is 50.1 Å². The van der Waals surface area contributed by atoms with E-state index >= 15 is 0 Å². The minimum Gasteiger partial charge on any atom is -0.452 e. The van der Waals surface area contributed by atoms with E-state index in [1.807, 2.05) is 30.7 Å². The monoisotopic (exact) mass is 478 g/mol. The van der Waals surface area contributed by atoms with E-state index in [1.165, 1.54) is 20.0 Å². The number of hydrogen-bond donors (Lipinski definition) is 3. The quantitative estimate of drug-likeness (QED) is 0.267. The number of amides is 1. The smallest absolute Gasteiger partial charge is 0.321 e. The summed E-state index contributed by atoms with van der Waals surface area (Å²) in [7, 11) is -2.77. The number of nitro groups is 1. The molecule has 2 aromatic carbocycles. The molecule has 0 spiro atoms. The van der Waals surface area contributed by atoms with Crippen LogP contribution in [0.15, 0.2) is 47.4 Å². The Kier molecular flexibility index (Phi) is 8.49. The molecule has 2 rings (SSSR count). The van der Waals surface area contributed by atoms with Crippen molar-refractivity contribution in [1.82, 2.24) is 4.72 Å². The lowest BCUT2D eigenvalue weighted by atomic mass is 10.0. The molecule has 1 unspecified atom stereocenters. The number of benzene rings is 2. The van der Waals surface area contributed by atoms with Gasteiger partial charge < -0.3 is 15.4 Å². The molecule has 12 heteroatoms. The molecule has 0 radical (unpaired) electrons. The molecular formula is C21H26N4O7S. The summed E-state index contributed by atoms with van der Waals surface area (Å²) >= 11 is 0. The first-order valence-corrected chi connectivity index (χ1v) is 11.5. The number of carbonyl (C=O) groups is 2. The van der Waals surface area contributed by atoms with Gasteiger partial charge in [-0.05, 0) is 42.7 Å². The molecule has 3 N–H and O–H groups in total. The molecule has 2 aromatic rings. The molecular weight excluding hydrogens is 452 g/mol. The Morgan fingerprint density at radius 1 is 1.09 bits per heavy atom. The predicted octanol–water partition coefficient (Wildman–Crippen LogP) is 2.61. The lowest BCUT2D eigenvalue weighted by molar-refractivity contribution is -0.384. The Balaban J connectivity index is 1.95. The van der Waals surface area contributed by atoms with Gasteiger partial charge in [-0.3, -0.25) is 19.7 Å². The first-order valence-electron chi connectivity index (χ1n) is 10.0. The van der Waals surface area contributed by atoms with Crippen LogP contribution in [0.4, 0.5) is 17.1 Å². The van der Waals surface area contributed by atoms with E-state index in [2.05, 4.69) is 10.6 Å². The molecule has 0 saturated heterocycles. The van der Waals surface area contributed by atoms with Crippen LogP contribution in [0.5, 0.6) is 0 Å². The van der Waals surface area contributed by atoms with Gasteiger partial charge in [0.2, 0.25) is 10.0 Å². The number of rotatable bonds is 10. The largest absolute Gasteiger partial charge is 0.452 e. The zero-order chi connectivity index (χ0) is 24.8. The molecule has 11 nitrogen and oxygen atoms in total. The van der Waals surface area contributed by atoms with Gasteiger partial charge in [0.05, 0.1) is 9.82 Å². The van der Waals surface area contributed by atoms with Crippen molar-refractivity contribution in [2.24, 2.45) is 0 Å². The van der Waals surface area contributed by atoms with Crippen LogP contribution in [0.25, 0.3) is 0 Å². The van der Waals surface area contributed by atoms with E-state index in [0.717, 1.165) is 17.7 Å². The third-order valence-corrected chi connectivity index (χ3v) is 6.07. The Hall–Kier alpha value is -3.51. The second kappa shape index (κ2) is 10.9. The third-order valence-electron chi connectivity index (χ3n) is 4.67. The average Bonchev–Trinajstić information content (AvgIpc) is 2.77. The first kappa shape index (κ1) is 25.7. The average molecular weight is 479 g/mol. The number of nitro benzene ring substituents is 1. The van der Waals surface area contributed by atoms with Crippen LogP contribution in [0, 0.1) is 10.1 Å². The van der Waals surface area contributed by atoms with Crippen molar-refractivity contribution in [2.45, 2.75) is 37.7 Å². The van der Waals surface area contributed by atoms with Crippen molar-refractivity contribution in [1.29, 1.82) is 0 Å². The van der Waals surface area contributed by atoms with Crippen LogP contribution in [0.1, 0.15) is 32.3 Å². The number of nitrogens with one attached hydrogen (secondary N) is 3. The van der Waals surface area contributed by atoms with Gasteiger partial charge in [0.1, 0.15) is 12.2 Å². The molecule has 0 heterocycles. The van der Waals surface area contributed by atoms with Crippen LogP contribution in [0.2, 0.25) is 0 Å². The molecule has 0 saturated carbocycles. The van der Waals surface area contributed by atoms with Gasteiger partial charge in [0.25, 0.3) is 11.6 Å². The zero-order valence-electron chi connectivity index (χ0n) is 18.6. The third kappa shape index (κ3) is 6.99. The summed E-state index contributed by atoms with van der Waals surface area (Å²) in [6.45, 7) is 4.68. The predicted molar refractivity (Wildman–Crippen MR) is 123 cm³/mol. The van der Waals surface area contributed by atoms with Crippen LogP contribution in [-0.4, -0.2) is 44.9 Å². The number of esters is 1. The van der Waals surface area contributed by atoms with E-state index in [4.69, 9.17) is 4.74 Å². The van der Waals surface area contributed by atoms with E-state index in [1.54, 1.807) is 12.1 Å². The molecule has 33 heavy (non-hydrogen) atoms. The maximum absolute atomic E-state index is 12.4. The van der Waals surface area contributed by atoms with Crippen molar-refractivity contribution in [3.05, 3.63) is 58.1 Å². The topological polar surface area (TPSA) is 157 Å². The Morgan fingerprint density at radius 2 is 1.73 bits per heavy atom. The van der Waals surface area contributed by atoms with Gasteiger partial charge in [-0.25, -0.2) is 8.42 Å². The van der Waals surface area contributed by atoms with Crippen LogP contribution >= 0.6 is 0 Å². The molecule has 0 bridgehead atoms. The molecule has 0 aliphatic rings. The summed E-state index contributed by atoms with van der Waals surface area (Å²) in [6, 6.07) is 10.5. The molecule has 0 aliphatic heterocycles. The number of nitrogens with zero attached hydrogens (tertiary/aromatic N) is 1. The first-order chi connectivity index (χ1) is 15.4. The van der Waals surface area contributed by atoms with Crippen LogP contribution < -0.4 is 15.4 Å². The summed E-state index contributed by atoms with van der Waals surface area (Å²) < 4.78 is 31.8. The second-order valence-corrected chi connectivity index (χ2v) is 9.18. The maximum atomic E-state index is 12.4. The van der Waals surface area contributed by atoms with Gasteiger partial charge in [0.15, 0.2) is 6.10 Å². The second-order valence-electron chi connectivity index (χ2n) is 7.41. The standard InChI is InChI=1S/C21H26N4O7S/c1-13(2)15-5-7-16(8-6-15)24-21(27)14(3)32-20(26)12-23-33(30,31)17-9-10-18(22-4)19(11-17)25(28)29/h5-11,13-14,22-23H,12H2,1-4H3,(H,24,27). The molecule has 1 atom stereocenters. The molecule has 0 aliphatic carbocycles. The lowest BCUT2D eigenvalue weighted by Gasteiger charge is -2.14. The summed E-state index contributed by atoms with van der Waals surface area (Å²) in [5, 5.41) is 16.3. The molecule has 0 aromatic heterocycles. The summed E-state index contributed by atoms with van der Waals surface area (Å²) in [5.41, 5.74) is 1.33. The van der Waals surface area contributed by atoms with Crippen molar-refractivity contribution in [3.8, 4) is 0 Å². The Morgan fingerprint density at radius 3 is 2.27 bits per heavy atom. The fraction of sp³-hybridized carbons (Fsp3) is 0.333. The highest BCUT2D eigenvalue weighted by atomic mass is 32.2. The zero-order valence-corrected chi connectivity index (χ0v) is 19.4. The minimum atomic E-state index is -4.24. The SMILES string of the molecule is CNc1ccc(S(=O)(=O)NCC(=O)OC(C)C(=O)Nc2ccc(C(C)C)cc2)cc1[N+](=O)[O-]. The summed E-state index contributed by atoms with van der Waals surface area (Å²) in [5.74, 6) is -1.23. The Bertz CT molecular complexity index is 1130. The number of hydrogen-bond acceptors (Lipinski definition) is 8. The fourth-order valence-electron chi connectivity index (χ4n) is 2.77. The van der Waals surface area contributed by atoms with E-state index in [0.29, 0.717) is 11.6 Å². The highest BCUT2D eigenvalue weighted by Gasteiger charge is 2.23. The maximum Gasteiger partial charge on any atom is 0.321 e. The van der Waals surface area contributed by atoms with Crippen molar-refractivity contribution < 1.29 is 27.7 Å².